The van der Waals surface area contributed by atoms with Crippen LogP contribution in [0.4, 0.5) is 10.2 Å². The predicted octanol–water partition coefficient (Wildman–Crippen LogP) is 3.50. The van der Waals surface area contributed by atoms with E-state index in [2.05, 4.69) is 10.4 Å². The molecule has 2 aromatic carbocycles. The van der Waals surface area contributed by atoms with Gasteiger partial charge in [-0.05, 0) is 30.7 Å². The van der Waals surface area contributed by atoms with E-state index in [1.807, 2.05) is 43.5 Å². The van der Waals surface area contributed by atoms with Gasteiger partial charge in [0.1, 0.15) is 5.82 Å². The largest absolute Gasteiger partial charge is 0.309 e. The number of hydrogen-bond donors (Lipinski definition) is 1. The quantitative estimate of drug-likeness (QED) is 0.802. The molecule has 4 nitrogen and oxygen atoms in total. The zero-order valence-corrected chi connectivity index (χ0v) is 12.7. The van der Waals surface area contributed by atoms with Crippen LogP contribution in [0.1, 0.15) is 11.1 Å². The molecule has 0 saturated heterocycles. The smallest absolute Gasteiger partial charge is 0.230 e. The van der Waals surface area contributed by atoms with Crippen molar-refractivity contribution in [2.75, 3.05) is 5.32 Å². The highest BCUT2D eigenvalue weighted by atomic mass is 19.1. The Labute approximate surface area is 133 Å². The van der Waals surface area contributed by atoms with E-state index in [0.29, 0.717) is 11.4 Å². The lowest BCUT2D eigenvalue weighted by Gasteiger charge is -2.04. The lowest BCUT2D eigenvalue weighted by Crippen LogP contribution is -2.16. The van der Waals surface area contributed by atoms with Gasteiger partial charge in [0.2, 0.25) is 5.91 Å². The topological polar surface area (TPSA) is 46.9 Å². The number of hydrogen-bond acceptors (Lipinski definition) is 2. The number of carbonyl (C=O) groups is 1. The molecule has 1 N–H and O–H groups in total. The molecular weight excluding hydrogens is 293 g/mol. The highest BCUT2D eigenvalue weighted by Crippen LogP contribution is 2.16. The Bertz CT molecular complexity index is 827. The maximum absolute atomic E-state index is 13.6. The number of aryl methyl sites for hydroxylation is 1. The second kappa shape index (κ2) is 6.44. The SMILES string of the molecule is Cc1cn(-c2ccccc2)nc1NC(=O)Cc1ccccc1F. The molecule has 1 aromatic heterocycles. The predicted molar refractivity (Wildman–Crippen MR) is 87.0 cm³/mol. The van der Waals surface area contributed by atoms with Crippen molar-refractivity contribution in [3.05, 3.63) is 77.7 Å². The van der Waals surface area contributed by atoms with E-state index in [4.69, 9.17) is 0 Å². The van der Waals surface area contributed by atoms with Gasteiger partial charge in [-0.25, -0.2) is 9.07 Å². The molecule has 0 aliphatic carbocycles. The molecule has 3 rings (SSSR count). The maximum Gasteiger partial charge on any atom is 0.230 e. The van der Waals surface area contributed by atoms with Crippen LogP contribution in [0, 0.1) is 12.7 Å². The Morgan fingerprint density at radius 1 is 1.13 bits per heavy atom. The van der Waals surface area contributed by atoms with Gasteiger partial charge in [0.15, 0.2) is 5.82 Å². The molecule has 0 bridgehead atoms. The van der Waals surface area contributed by atoms with Crippen LogP contribution >= 0.6 is 0 Å². The zero-order valence-electron chi connectivity index (χ0n) is 12.7. The number of benzene rings is 2. The van der Waals surface area contributed by atoms with E-state index in [1.165, 1.54) is 6.07 Å². The average molecular weight is 309 g/mol. The van der Waals surface area contributed by atoms with Gasteiger partial charge in [-0.3, -0.25) is 4.79 Å². The highest BCUT2D eigenvalue weighted by molar-refractivity contribution is 5.92. The summed E-state index contributed by atoms with van der Waals surface area (Å²) in [5.74, 6) is -0.194. The molecule has 1 amide bonds. The van der Waals surface area contributed by atoms with Crippen LogP contribution < -0.4 is 5.32 Å². The third kappa shape index (κ3) is 3.45. The number of amides is 1. The summed E-state index contributed by atoms with van der Waals surface area (Å²) >= 11 is 0. The summed E-state index contributed by atoms with van der Waals surface area (Å²) in [6.45, 7) is 1.87. The molecule has 23 heavy (non-hydrogen) atoms. The van der Waals surface area contributed by atoms with Crippen molar-refractivity contribution in [2.24, 2.45) is 0 Å². The minimum Gasteiger partial charge on any atom is -0.309 e. The average Bonchev–Trinajstić information content (AvgIpc) is 2.91. The van der Waals surface area contributed by atoms with Gasteiger partial charge in [-0.15, -0.1) is 5.10 Å². The molecule has 0 unspecified atom stereocenters. The van der Waals surface area contributed by atoms with Crippen LogP contribution in [0.3, 0.4) is 0 Å². The molecule has 0 aliphatic rings. The van der Waals surface area contributed by atoms with E-state index in [0.717, 1.165) is 11.3 Å². The molecule has 0 fully saturated rings. The van der Waals surface area contributed by atoms with Crippen molar-refractivity contribution in [1.29, 1.82) is 0 Å². The van der Waals surface area contributed by atoms with Gasteiger partial charge in [-0.1, -0.05) is 36.4 Å². The lowest BCUT2D eigenvalue weighted by molar-refractivity contribution is -0.115. The number of nitrogens with zero attached hydrogens (tertiary/aromatic N) is 2. The van der Waals surface area contributed by atoms with Crippen molar-refractivity contribution in [2.45, 2.75) is 13.3 Å². The molecule has 116 valence electrons. The molecule has 0 saturated carbocycles. The first kappa shape index (κ1) is 15.0. The van der Waals surface area contributed by atoms with Gasteiger partial charge in [0.25, 0.3) is 0 Å². The van der Waals surface area contributed by atoms with Crippen molar-refractivity contribution < 1.29 is 9.18 Å². The summed E-state index contributed by atoms with van der Waals surface area (Å²) < 4.78 is 15.3. The molecule has 0 aliphatic heterocycles. The third-order valence-electron chi connectivity index (χ3n) is 3.48. The van der Waals surface area contributed by atoms with Crippen LogP contribution in [0.15, 0.2) is 60.8 Å². The minimum absolute atomic E-state index is 0.0235. The summed E-state index contributed by atoms with van der Waals surface area (Å²) in [7, 11) is 0. The second-order valence-corrected chi connectivity index (χ2v) is 5.26. The first-order chi connectivity index (χ1) is 11.1. The van der Waals surface area contributed by atoms with E-state index in [9.17, 15) is 9.18 Å². The first-order valence-electron chi connectivity index (χ1n) is 7.28. The Balaban J connectivity index is 1.74. The fraction of sp³-hybridized carbons (Fsp3) is 0.111. The number of aromatic nitrogens is 2. The van der Waals surface area contributed by atoms with Crippen molar-refractivity contribution in [3.8, 4) is 5.69 Å². The number of anilines is 1. The van der Waals surface area contributed by atoms with E-state index in [1.54, 1.807) is 22.9 Å². The fourth-order valence-electron chi connectivity index (χ4n) is 2.29. The standard InChI is InChI=1S/C18H16FN3O/c1-13-12-22(15-8-3-2-4-9-15)21-18(13)20-17(23)11-14-7-5-6-10-16(14)19/h2-10,12H,11H2,1H3,(H,20,21,23). The zero-order chi connectivity index (χ0) is 16.2. The van der Waals surface area contributed by atoms with Crippen LogP contribution in [0.5, 0.6) is 0 Å². The molecule has 5 heteroatoms. The van der Waals surface area contributed by atoms with Gasteiger partial charge in [0.05, 0.1) is 12.1 Å². The van der Waals surface area contributed by atoms with Crippen LogP contribution in [-0.4, -0.2) is 15.7 Å². The van der Waals surface area contributed by atoms with E-state index < -0.39 is 0 Å². The summed E-state index contributed by atoms with van der Waals surface area (Å²) in [6, 6.07) is 15.9. The third-order valence-corrected chi connectivity index (χ3v) is 3.48. The van der Waals surface area contributed by atoms with E-state index >= 15 is 0 Å². The fourth-order valence-corrected chi connectivity index (χ4v) is 2.29. The Morgan fingerprint density at radius 2 is 1.83 bits per heavy atom. The normalized spacial score (nSPS) is 10.5. The summed E-state index contributed by atoms with van der Waals surface area (Å²) in [5.41, 5.74) is 2.12. The lowest BCUT2D eigenvalue weighted by atomic mass is 10.1. The monoisotopic (exact) mass is 309 g/mol. The van der Waals surface area contributed by atoms with E-state index in [-0.39, 0.29) is 18.1 Å². The van der Waals surface area contributed by atoms with Crippen LogP contribution in [0.2, 0.25) is 0 Å². The number of carbonyl (C=O) groups excluding carboxylic acids is 1. The first-order valence-corrected chi connectivity index (χ1v) is 7.28. The molecular formula is C18H16FN3O. The van der Waals surface area contributed by atoms with Crippen molar-refractivity contribution >= 4 is 11.7 Å². The van der Waals surface area contributed by atoms with Gasteiger partial charge in [0, 0.05) is 11.8 Å². The number of nitrogens with one attached hydrogen (secondary N) is 1. The Hall–Kier alpha value is -2.95. The number of halogens is 1. The highest BCUT2D eigenvalue weighted by Gasteiger charge is 2.12. The Kier molecular flexibility index (Phi) is 4.19. The van der Waals surface area contributed by atoms with Gasteiger partial charge < -0.3 is 5.32 Å². The molecule has 0 spiro atoms. The molecule has 0 atom stereocenters. The minimum atomic E-state index is -0.380. The number of rotatable bonds is 4. The molecule has 1 heterocycles. The van der Waals surface area contributed by atoms with Gasteiger partial charge in [-0.2, -0.15) is 0 Å². The summed E-state index contributed by atoms with van der Waals surface area (Å²) in [5, 5.41) is 7.11. The summed E-state index contributed by atoms with van der Waals surface area (Å²) in [6.07, 6.45) is 1.82. The maximum atomic E-state index is 13.6. The number of para-hydroxylation sites is 1. The van der Waals surface area contributed by atoms with Gasteiger partial charge >= 0.3 is 0 Å². The molecule has 0 radical (unpaired) electrons. The van der Waals surface area contributed by atoms with Crippen LogP contribution in [-0.2, 0) is 11.2 Å². The Morgan fingerprint density at radius 3 is 2.57 bits per heavy atom. The molecule has 3 aromatic rings. The van der Waals surface area contributed by atoms with Crippen molar-refractivity contribution in [1.82, 2.24) is 9.78 Å². The van der Waals surface area contributed by atoms with Crippen LogP contribution in [0.25, 0.3) is 5.69 Å². The summed E-state index contributed by atoms with van der Waals surface area (Å²) in [4.78, 5) is 12.1. The second-order valence-electron chi connectivity index (χ2n) is 5.26. The van der Waals surface area contributed by atoms with Crippen molar-refractivity contribution in [3.63, 3.8) is 0 Å².